The summed E-state index contributed by atoms with van der Waals surface area (Å²) in [6, 6.07) is 5.55. The number of allylic oxidation sites excluding steroid dienone is 1. The summed E-state index contributed by atoms with van der Waals surface area (Å²) in [5.74, 6) is 0.810. The number of carbonyl (C=O) groups is 1. The van der Waals surface area contributed by atoms with Crippen LogP contribution in [0.3, 0.4) is 0 Å². The second-order valence-corrected chi connectivity index (χ2v) is 10.6. The highest BCUT2D eigenvalue weighted by atomic mass is 35.5. The Labute approximate surface area is 201 Å². The highest BCUT2D eigenvalue weighted by Gasteiger charge is 2.54. The number of rotatable bonds is 4. The van der Waals surface area contributed by atoms with Crippen molar-refractivity contribution in [2.45, 2.75) is 98.8 Å². The van der Waals surface area contributed by atoms with Gasteiger partial charge in [-0.3, -0.25) is 10.1 Å². The van der Waals surface area contributed by atoms with Gasteiger partial charge < -0.3 is 4.90 Å². The summed E-state index contributed by atoms with van der Waals surface area (Å²) in [7, 11) is 0. The first kappa shape index (κ1) is 26.7. The Morgan fingerprint density at radius 1 is 1.25 bits per heavy atom. The largest absolute Gasteiger partial charge is 0.316 e. The van der Waals surface area contributed by atoms with Crippen molar-refractivity contribution < 1.29 is 4.79 Å². The smallest absolute Gasteiger partial charge is 0.246 e. The van der Waals surface area contributed by atoms with Gasteiger partial charge in [-0.1, -0.05) is 71.0 Å². The van der Waals surface area contributed by atoms with Crippen LogP contribution in [0.4, 0.5) is 0 Å². The van der Waals surface area contributed by atoms with E-state index in [1.807, 2.05) is 45.9 Å². The van der Waals surface area contributed by atoms with Crippen LogP contribution in [0.25, 0.3) is 0 Å². The van der Waals surface area contributed by atoms with Gasteiger partial charge in [-0.15, -0.1) is 0 Å². The van der Waals surface area contributed by atoms with Crippen LogP contribution in [-0.4, -0.2) is 22.5 Å². The maximum Gasteiger partial charge on any atom is 0.246 e. The Balaban J connectivity index is 0.00000176. The molecule has 0 bridgehead atoms. The lowest BCUT2D eigenvalue weighted by atomic mass is 9.69. The number of hydrogen-bond donors (Lipinski definition) is 1. The van der Waals surface area contributed by atoms with Crippen LogP contribution in [0.5, 0.6) is 0 Å². The molecule has 1 aromatic carbocycles. The Morgan fingerprint density at radius 2 is 1.84 bits per heavy atom. The van der Waals surface area contributed by atoms with Gasteiger partial charge in [-0.05, 0) is 86.6 Å². The molecule has 1 aromatic rings. The maximum atomic E-state index is 13.8. The molecule has 0 radical (unpaired) electrons. The van der Waals surface area contributed by atoms with Crippen molar-refractivity contribution in [2.75, 3.05) is 0 Å². The number of nitrogens with zero attached hydrogens (tertiary/aromatic N) is 1. The number of halogens is 1. The number of aryl methyl sites for hydroxylation is 1. The first-order chi connectivity index (χ1) is 15.0. The van der Waals surface area contributed by atoms with Crippen molar-refractivity contribution in [1.82, 2.24) is 10.2 Å². The topological polar surface area (TPSA) is 32.3 Å². The van der Waals surface area contributed by atoms with Crippen LogP contribution in [0.1, 0.15) is 91.3 Å². The number of benzene rings is 1. The van der Waals surface area contributed by atoms with Crippen LogP contribution >= 0.6 is 11.6 Å². The second kappa shape index (κ2) is 10.6. The van der Waals surface area contributed by atoms with E-state index in [4.69, 9.17) is 11.6 Å². The van der Waals surface area contributed by atoms with Gasteiger partial charge in [-0.2, -0.15) is 0 Å². The third-order valence-electron chi connectivity index (χ3n) is 7.23. The van der Waals surface area contributed by atoms with E-state index in [9.17, 15) is 4.79 Å². The Kier molecular flexibility index (Phi) is 8.81. The molecule has 3 rings (SSSR count). The minimum absolute atomic E-state index is 0.0241. The Hall–Kier alpha value is -1.58. The van der Waals surface area contributed by atoms with Crippen molar-refractivity contribution in [3.8, 4) is 0 Å². The average Bonchev–Trinajstić information content (AvgIpc) is 3.01. The van der Waals surface area contributed by atoms with Crippen LogP contribution in [0.2, 0.25) is 5.02 Å². The van der Waals surface area contributed by atoms with Crippen LogP contribution in [0.15, 0.2) is 42.5 Å². The minimum atomic E-state index is -0.362. The number of hydrogen-bond acceptors (Lipinski definition) is 2. The lowest BCUT2D eigenvalue weighted by Gasteiger charge is -2.48. The molecular formula is C28H43ClN2O. The van der Waals surface area contributed by atoms with Crippen molar-refractivity contribution >= 4 is 17.5 Å². The molecule has 2 unspecified atom stereocenters. The minimum Gasteiger partial charge on any atom is -0.316 e. The fourth-order valence-electron chi connectivity index (χ4n) is 5.49. The monoisotopic (exact) mass is 458 g/mol. The molecular weight excluding hydrogens is 416 g/mol. The molecule has 1 spiro atoms. The van der Waals surface area contributed by atoms with E-state index >= 15 is 0 Å². The van der Waals surface area contributed by atoms with Gasteiger partial charge >= 0.3 is 0 Å². The lowest BCUT2D eigenvalue weighted by molar-refractivity contribution is -0.135. The van der Waals surface area contributed by atoms with Gasteiger partial charge in [0.2, 0.25) is 5.91 Å². The predicted molar refractivity (Wildman–Crippen MR) is 138 cm³/mol. The zero-order chi connectivity index (χ0) is 24.3. The van der Waals surface area contributed by atoms with E-state index in [1.165, 1.54) is 0 Å². The third kappa shape index (κ3) is 5.31. The molecule has 1 heterocycles. The fourth-order valence-corrected chi connectivity index (χ4v) is 5.79. The standard InChI is InChI=1S/C26H37ClN2O.C2H6/c1-8-19(9-2)18(4)29-24(30)23(20-14-17(3)15-22(27)16-20)28-26(29)12-10-21(11-13-26)25(5,6)7;1-2/h8-9,14-16,18,21,23,28H,1,10-13H2,2-7H3;1-2H3/b19-9+;. The Morgan fingerprint density at radius 3 is 2.31 bits per heavy atom. The van der Waals surface area contributed by atoms with Gasteiger partial charge in [0.1, 0.15) is 6.04 Å². The van der Waals surface area contributed by atoms with Crippen molar-refractivity contribution in [3.05, 3.63) is 58.7 Å². The van der Waals surface area contributed by atoms with Gasteiger partial charge in [0.15, 0.2) is 0 Å². The molecule has 1 N–H and O–H groups in total. The second-order valence-electron chi connectivity index (χ2n) is 10.2. The summed E-state index contributed by atoms with van der Waals surface area (Å²) in [5, 5.41) is 4.47. The van der Waals surface area contributed by atoms with Crippen LogP contribution < -0.4 is 5.32 Å². The van der Waals surface area contributed by atoms with Crippen molar-refractivity contribution in [3.63, 3.8) is 0 Å². The number of amides is 1. The first-order valence-corrected chi connectivity index (χ1v) is 12.6. The Bertz CT molecular complexity index is 823. The van der Waals surface area contributed by atoms with E-state index < -0.39 is 0 Å². The molecule has 2 aliphatic rings. The number of carbonyl (C=O) groups excluding carboxylic acids is 1. The zero-order valence-corrected chi connectivity index (χ0v) is 22.1. The van der Waals surface area contributed by atoms with Crippen LogP contribution in [-0.2, 0) is 4.79 Å². The maximum absolute atomic E-state index is 13.8. The molecule has 1 aliphatic heterocycles. The lowest BCUT2D eigenvalue weighted by Crippen LogP contribution is -2.58. The highest BCUT2D eigenvalue weighted by molar-refractivity contribution is 6.30. The summed E-state index contributed by atoms with van der Waals surface area (Å²) in [6.45, 7) is 21.1. The molecule has 1 aliphatic carbocycles. The first-order valence-electron chi connectivity index (χ1n) is 12.2. The SMILES string of the molecule is C=C/C(=C\C)C(C)N1C(=O)C(c2cc(C)cc(Cl)c2)NC12CCC(C(C)(C)C)CC2.CC. The molecule has 4 heteroatoms. The predicted octanol–water partition coefficient (Wildman–Crippen LogP) is 7.60. The summed E-state index contributed by atoms with van der Waals surface area (Å²) in [5.41, 5.74) is 3.09. The van der Waals surface area contributed by atoms with Crippen molar-refractivity contribution in [1.29, 1.82) is 0 Å². The van der Waals surface area contributed by atoms with Crippen LogP contribution in [0, 0.1) is 18.3 Å². The quantitative estimate of drug-likeness (QED) is 0.471. The van der Waals surface area contributed by atoms with E-state index in [2.05, 4.69) is 56.6 Å². The van der Waals surface area contributed by atoms with Crippen molar-refractivity contribution in [2.24, 2.45) is 11.3 Å². The van der Waals surface area contributed by atoms with E-state index in [0.717, 1.165) is 42.4 Å². The van der Waals surface area contributed by atoms with E-state index in [-0.39, 0.29) is 23.7 Å². The van der Waals surface area contributed by atoms with Gasteiger partial charge in [0.25, 0.3) is 0 Å². The molecule has 2 fully saturated rings. The summed E-state index contributed by atoms with van der Waals surface area (Å²) >= 11 is 6.34. The highest BCUT2D eigenvalue weighted by Crippen LogP contribution is 2.47. The summed E-state index contributed by atoms with van der Waals surface area (Å²) in [4.78, 5) is 15.9. The molecule has 2 atom stereocenters. The average molecular weight is 459 g/mol. The number of nitrogens with one attached hydrogen (secondary N) is 1. The molecule has 32 heavy (non-hydrogen) atoms. The zero-order valence-electron chi connectivity index (χ0n) is 21.4. The van der Waals surface area contributed by atoms with Gasteiger partial charge in [0, 0.05) is 5.02 Å². The normalized spacial score (nSPS) is 27.2. The van der Waals surface area contributed by atoms with Gasteiger partial charge in [-0.25, -0.2) is 0 Å². The third-order valence-corrected chi connectivity index (χ3v) is 7.45. The summed E-state index contributed by atoms with van der Waals surface area (Å²) in [6.07, 6.45) is 8.12. The van der Waals surface area contributed by atoms with E-state index in [0.29, 0.717) is 16.4 Å². The molecule has 0 aromatic heterocycles. The molecule has 1 amide bonds. The molecule has 3 nitrogen and oxygen atoms in total. The molecule has 1 saturated heterocycles. The summed E-state index contributed by atoms with van der Waals surface area (Å²) < 4.78 is 0. The molecule has 1 saturated carbocycles. The van der Waals surface area contributed by atoms with Gasteiger partial charge in [0.05, 0.1) is 11.7 Å². The fraction of sp³-hybridized carbons (Fsp3) is 0.607. The molecule has 178 valence electrons. The van der Waals surface area contributed by atoms with E-state index in [1.54, 1.807) is 0 Å².